The molecule has 0 amide bonds. The predicted molar refractivity (Wildman–Crippen MR) is 61.3 cm³/mol. The number of carbonyl (C=O) groups is 1. The molecule has 0 bridgehead atoms. The maximum absolute atomic E-state index is 11.3. The molecule has 0 saturated heterocycles. The number of methoxy groups -OCH3 is 1. The Kier molecular flexibility index (Phi) is 3.49. The average Bonchev–Trinajstić information content (AvgIpc) is 2.84. The normalized spacial score (nSPS) is 10.2. The summed E-state index contributed by atoms with van der Waals surface area (Å²) in [6, 6.07) is 7.74. The highest BCUT2D eigenvalue weighted by molar-refractivity contribution is 5.72. The number of carbonyl (C=O) groups excluding carboxylic acids is 1. The lowest BCUT2D eigenvalue weighted by molar-refractivity contribution is -0.139. The number of ether oxygens (including phenoxy) is 1. The van der Waals surface area contributed by atoms with Crippen molar-refractivity contribution in [2.24, 2.45) is 0 Å². The first-order valence-electron chi connectivity index (χ1n) is 5.25. The summed E-state index contributed by atoms with van der Waals surface area (Å²) in [6.07, 6.45) is 3.42. The van der Waals surface area contributed by atoms with E-state index >= 15 is 0 Å². The van der Waals surface area contributed by atoms with Crippen molar-refractivity contribution in [3.63, 3.8) is 0 Å². The Morgan fingerprint density at radius 3 is 2.76 bits per heavy atom. The third kappa shape index (κ3) is 2.90. The monoisotopic (exact) mass is 231 g/mol. The van der Waals surface area contributed by atoms with E-state index in [4.69, 9.17) is 0 Å². The van der Waals surface area contributed by atoms with Gasteiger partial charge in [-0.05, 0) is 11.1 Å². The maximum atomic E-state index is 11.3. The Balaban J connectivity index is 2.18. The Labute approximate surface area is 99.1 Å². The molecule has 0 N–H and O–H groups in total. The summed E-state index contributed by atoms with van der Waals surface area (Å²) < 4.78 is 6.39. The highest BCUT2D eigenvalue weighted by Gasteiger charge is 2.08. The molecule has 5 heteroatoms. The Morgan fingerprint density at radius 1 is 1.35 bits per heavy atom. The second kappa shape index (κ2) is 5.25. The van der Waals surface area contributed by atoms with E-state index in [0.717, 1.165) is 11.1 Å². The number of hydrogen-bond donors (Lipinski definition) is 0. The Morgan fingerprint density at radius 2 is 2.12 bits per heavy atom. The van der Waals surface area contributed by atoms with Gasteiger partial charge in [-0.25, -0.2) is 9.67 Å². The third-order valence-electron chi connectivity index (χ3n) is 2.48. The van der Waals surface area contributed by atoms with E-state index in [1.54, 1.807) is 11.0 Å². The highest BCUT2D eigenvalue weighted by Crippen LogP contribution is 2.11. The minimum Gasteiger partial charge on any atom is -0.469 e. The largest absolute Gasteiger partial charge is 0.469 e. The van der Waals surface area contributed by atoms with E-state index in [-0.39, 0.29) is 12.4 Å². The van der Waals surface area contributed by atoms with Gasteiger partial charge in [-0.1, -0.05) is 24.3 Å². The lowest BCUT2D eigenvalue weighted by atomic mass is 10.0. The van der Waals surface area contributed by atoms with Gasteiger partial charge in [0.1, 0.15) is 12.7 Å². The van der Waals surface area contributed by atoms with Gasteiger partial charge in [0.2, 0.25) is 0 Å². The minimum absolute atomic E-state index is 0.240. The van der Waals surface area contributed by atoms with Crippen molar-refractivity contribution in [2.75, 3.05) is 7.11 Å². The standard InChI is InChI=1S/C12H13N3O2/c1-17-12(16)6-10-4-2-3-5-11(10)7-15-9-13-8-14-15/h2-5,8-9H,6-7H2,1H3. The number of nitrogens with zero attached hydrogens (tertiary/aromatic N) is 3. The van der Waals surface area contributed by atoms with Crippen molar-refractivity contribution in [2.45, 2.75) is 13.0 Å². The molecule has 0 radical (unpaired) electrons. The van der Waals surface area contributed by atoms with Gasteiger partial charge in [-0.3, -0.25) is 4.79 Å². The van der Waals surface area contributed by atoms with Crippen LogP contribution in [0.2, 0.25) is 0 Å². The van der Waals surface area contributed by atoms with Gasteiger partial charge in [0.25, 0.3) is 0 Å². The van der Waals surface area contributed by atoms with E-state index in [0.29, 0.717) is 6.54 Å². The molecule has 5 nitrogen and oxygen atoms in total. The van der Waals surface area contributed by atoms with Crippen LogP contribution in [0.25, 0.3) is 0 Å². The highest BCUT2D eigenvalue weighted by atomic mass is 16.5. The molecule has 0 aliphatic rings. The Hall–Kier alpha value is -2.17. The van der Waals surface area contributed by atoms with Crippen LogP contribution >= 0.6 is 0 Å². The summed E-state index contributed by atoms with van der Waals surface area (Å²) in [7, 11) is 1.39. The van der Waals surface area contributed by atoms with Crippen molar-refractivity contribution in [3.8, 4) is 0 Å². The Bertz CT molecular complexity index is 494. The second-order valence-electron chi connectivity index (χ2n) is 3.61. The van der Waals surface area contributed by atoms with Gasteiger partial charge in [-0.2, -0.15) is 5.10 Å². The zero-order chi connectivity index (χ0) is 12.1. The summed E-state index contributed by atoms with van der Waals surface area (Å²) in [5, 5.41) is 4.04. The van der Waals surface area contributed by atoms with Crippen LogP contribution in [0.5, 0.6) is 0 Å². The molecule has 0 unspecified atom stereocenters. The molecule has 17 heavy (non-hydrogen) atoms. The first kappa shape index (κ1) is 11.3. The van der Waals surface area contributed by atoms with Gasteiger partial charge in [0, 0.05) is 0 Å². The first-order chi connectivity index (χ1) is 8.29. The molecule has 88 valence electrons. The van der Waals surface area contributed by atoms with E-state index in [1.165, 1.54) is 13.4 Å². The summed E-state index contributed by atoms with van der Waals surface area (Å²) >= 11 is 0. The molecule has 0 saturated carbocycles. The molecule has 0 fully saturated rings. The SMILES string of the molecule is COC(=O)Cc1ccccc1Cn1cncn1. The third-order valence-corrected chi connectivity index (χ3v) is 2.48. The molecule has 1 aromatic heterocycles. The lowest BCUT2D eigenvalue weighted by Gasteiger charge is -2.08. The molecule has 1 heterocycles. The lowest BCUT2D eigenvalue weighted by Crippen LogP contribution is -2.09. The molecule has 0 atom stereocenters. The quantitative estimate of drug-likeness (QED) is 0.738. The van der Waals surface area contributed by atoms with E-state index in [1.807, 2.05) is 24.3 Å². The van der Waals surface area contributed by atoms with E-state index in [2.05, 4.69) is 14.8 Å². The van der Waals surface area contributed by atoms with E-state index in [9.17, 15) is 4.79 Å². The smallest absolute Gasteiger partial charge is 0.309 e. The summed E-state index contributed by atoms with van der Waals surface area (Å²) in [6.45, 7) is 0.604. The van der Waals surface area contributed by atoms with Gasteiger partial charge in [0.05, 0.1) is 20.1 Å². The van der Waals surface area contributed by atoms with Crippen LogP contribution in [0.1, 0.15) is 11.1 Å². The van der Waals surface area contributed by atoms with Crippen LogP contribution < -0.4 is 0 Å². The van der Waals surface area contributed by atoms with Crippen LogP contribution in [0.15, 0.2) is 36.9 Å². The van der Waals surface area contributed by atoms with Gasteiger partial charge >= 0.3 is 5.97 Å². The molecular weight excluding hydrogens is 218 g/mol. The van der Waals surface area contributed by atoms with Gasteiger partial charge < -0.3 is 4.74 Å². The molecule has 0 aliphatic heterocycles. The summed E-state index contributed by atoms with van der Waals surface area (Å²) in [4.78, 5) is 15.2. The van der Waals surface area contributed by atoms with Gasteiger partial charge in [0.15, 0.2) is 0 Å². The minimum atomic E-state index is -0.240. The van der Waals surface area contributed by atoms with Crippen LogP contribution in [0.4, 0.5) is 0 Å². The number of rotatable bonds is 4. The molecule has 1 aromatic carbocycles. The van der Waals surface area contributed by atoms with Crippen molar-refractivity contribution < 1.29 is 9.53 Å². The number of benzene rings is 1. The van der Waals surface area contributed by atoms with Crippen LogP contribution in [0, 0.1) is 0 Å². The fourth-order valence-corrected chi connectivity index (χ4v) is 1.60. The fourth-order valence-electron chi connectivity index (χ4n) is 1.60. The maximum Gasteiger partial charge on any atom is 0.309 e. The zero-order valence-corrected chi connectivity index (χ0v) is 9.54. The van der Waals surface area contributed by atoms with Crippen LogP contribution in [-0.2, 0) is 22.5 Å². The van der Waals surface area contributed by atoms with E-state index < -0.39 is 0 Å². The number of aromatic nitrogens is 3. The average molecular weight is 231 g/mol. The molecule has 2 rings (SSSR count). The van der Waals surface area contributed by atoms with Gasteiger partial charge in [-0.15, -0.1) is 0 Å². The molecular formula is C12H13N3O2. The van der Waals surface area contributed by atoms with Crippen molar-refractivity contribution >= 4 is 5.97 Å². The molecule has 0 aliphatic carbocycles. The van der Waals surface area contributed by atoms with Crippen LogP contribution in [0.3, 0.4) is 0 Å². The predicted octanol–water partition coefficient (Wildman–Crippen LogP) is 1.04. The van der Waals surface area contributed by atoms with Crippen molar-refractivity contribution in [3.05, 3.63) is 48.0 Å². The topological polar surface area (TPSA) is 57.0 Å². The molecule has 0 spiro atoms. The van der Waals surface area contributed by atoms with Crippen molar-refractivity contribution in [1.82, 2.24) is 14.8 Å². The second-order valence-corrected chi connectivity index (χ2v) is 3.61. The molecule has 2 aromatic rings. The first-order valence-corrected chi connectivity index (χ1v) is 5.25. The summed E-state index contributed by atoms with van der Waals surface area (Å²) in [5.41, 5.74) is 2.00. The zero-order valence-electron chi connectivity index (χ0n) is 9.54. The van der Waals surface area contributed by atoms with Crippen molar-refractivity contribution in [1.29, 1.82) is 0 Å². The summed E-state index contributed by atoms with van der Waals surface area (Å²) in [5.74, 6) is -0.240. The van der Waals surface area contributed by atoms with Crippen LogP contribution in [-0.4, -0.2) is 27.8 Å². The fraction of sp³-hybridized carbons (Fsp3) is 0.250. The number of hydrogen-bond acceptors (Lipinski definition) is 4. The number of esters is 1.